The number of hydrogen-bond acceptors (Lipinski definition) is 4. The molecular formula is C12H24N2O4. The first-order valence-corrected chi connectivity index (χ1v) is 6.04. The molecule has 0 aromatic rings. The summed E-state index contributed by atoms with van der Waals surface area (Å²) in [5.41, 5.74) is 5.85. The van der Waals surface area contributed by atoms with Crippen LogP contribution in [0.15, 0.2) is 0 Å². The van der Waals surface area contributed by atoms with Gasteiger partial charge in [0.25, 0.3) is 0 Å². The molecule has 0 aromatic heterocycles. The molecular weight excluding hydrogens is 236 g/mol. The number of aliphatic carboxylic acids is 1. The largest absolute Gasteiger partial charge is 0.480 e. The molecule has 0 saturated carbocycles. The Hall–Kier alpha value is -1.14. The van der Waals surface area contributed by atoms with Gasteiger partial charge in [0.1, 0.15) is 6.04 Å². The van der Waals surface area contributed by atoms with E-state index in [0.717, 1.165) is 0 Å². The zero-order chi connectivity index (χ0) is 14.3. The Kier molecular flexibility index (Phi) is 6.86. The van der Waals surface area contributed by atoms with E-state index in [1.54, 1.807) is 0 Å². The molecule has 0 aliphatic rings. The zero-order valence-corrected chi connectivity index (χ0v) is 11.3. The number of carboxylic acids is 1. The topological polar surface area (TPSA) is 113 Å². The van der Waals surface area contributed by atoms with Crippen LogP contribution in [-0.2, 0) is 9.59 Å². The highest BCUT2D eigenvalue weighted by molar-refractivity contribution is 5.83. The molecule has 2 atom stereocenters. The molecule has 0 aliphatic carbocycles. The fourth-order valence-electron chi connectivity index (χ4n) is 1.74. The monoisotopic (exact) mass is 260 g/mol. The van der Waals surface area contributed by atoms with Gasteiger partial charge in [-0.3, -0.25) is 4.79 Å². The number of nitrogens with two attached hydrogens (primary N) is 1. The van der Waals surface area contributed by atoms with Crippen LogP contribution in [0.2, 0.25) is 0 Å². The molecule has 0 fully saturated rings. The summed E-state index contributed by atoms with van der Waals surface area (Å²) < 4.78 is 0. The van der Waals surface area contributed by atoms with Gasteiger partial charge in [0.2, 0.25) is 5.91 Å². The van der Waals surface area contributed by atoms with Crippen molar-refractivity contribution in [2.24, 2.45) is 11.1 Å². The number of carboxylic acid groups (broad SMARTS) is 1. The average molecular weight is 260 g/mol. The number of rotatable bonds is 7. The van der Waals surface area contributed by atoms with Gasteiger partial charge in [-0.1, -0.05) is 20.8 Å². The minimum absolute atomic E-state index is 0.00438. The predicted molar refractivity (Wildman–Crippen MR) is 67.9 cm³/mol. The maximum atomic E-state index is 11.6. The fourth-order valence-corrected chi connectivity index (χ4v) is 1.74. The number of nitrogens with one attached hydrogen (secondary N) is 1. The van der Waals surface area contributed by atoms with Gasteiger partial charge in [-0.25, -0.2) is 4.79 Å². The lowest BCUT2D eigenvalue weighted by Gasteiger charge is -2.23. The lowest BCUT2D eigenvalue weighted by Crippen LogP contribution is -2.43. The third-order valence-electron chi connectivity index (χ3n) is 2.37. The van der Waals surface area contributed by atoms with E-state index in [2.05, 4.69) is 5.32 Å². The molecule has 1 unspecified atom stereocenters. The van der Waals surface area contributed by atoms with Crippen LogP contribution < -0.4 is 11.1 Å². The second-order valence-electron chi connectivity index (χ2n) is 5.70. The van der Waals surface area contributed by atoms with E-state index < -0.39 is 17.9 Å². The fraction of sp³-hybridized carbons (Fsp3) is 0.833. The Morgan fingerprint density at radius 3 is 2.28 bits per heavy atom. The summed E-state index contributed by atoms with van der Waals surface area (Å²) in [4.78, 5) is 22.4. The first-order valence-electron chi connectivity index (χ1n) is 6.04. The Labute approximate surface area is 108 Å². The molecule has 0 aromatic carbocycles. The number of aliphatic hydroxyl groups is 1. The van der Waals surface area contributed by atoms with Crippen LogP contribution in [-0.4, -0.2) is 40.8 Å². The summed E-state index contributed by atoms with van der Waals surface area (Å²) in [6, 6.07) is -1.35. The molecule has 106 valence electrons. The lowest BCUT2D eigenvalue weighted by atomic mass is 9.87. The first kappa shape index (κ1) is 16.9. The van der Waals surface area contributed by atoms with E-state index in [9.17, 15) is 9.59 Å². The van der Waals surface area contributed by atoms with E-state index >= 15 is 0 Å². The molecule has 0 radical (unpaired) electrons. The molecule has 1 amide bonds. The number of hydrogen-bond donors (Lipinski definition) is 4. The van der Waals surface area contributed by atoms with E-state index in [1.807, 2.05) is 20.8 Å². The van der Waals surface area contributed by atoms with Crippen molar-refractivity contribution >= 4 is 11.9 Å². The van der Waals surface area contributed by atoms with E-state index in [0.29, 0.717) is 6.42 Å². The molecule has 0 spiro atoms. The third-order valence-corrected chi connectivity index (χ3v) is 2.37. The normalized spacial score (nSPS) is 14.9. The van der Waals surface area contributed by atoms with Crippen LogP contribution in [0.25, 0.3) is 0 Å². The van der Waals surface area contributed by atoms with Crippen molar-refractivity contribution in [2.45, 2.75) is 52.1 Å². The van der Waals surface area contributed by atoms with Crippen LogP contribution in [0.5, 0.6) is 0 Å². The van der Waals surface area contributed by atoms with Crippen molar-refractivity contribution in [1.82, 2.24) is 5.32 Å². The minimum Gasteiger partial charge on any atom is -0.480 e. The Morgan fingerprint density at radius 1 is 1.33 bits per heavy atom. The second kappa shape index (κ2) is 7.33. The van der Waals surface area contributed by atoms with Gasteiger partial charge < -0.3 is 21.3 Å². The predicted octanol–water partition coefficient (Wildman–Crippen LogP) is 0.0918. The first-order chi connectivity index (χ1) is 8.15. The quantitative estimate of drug-likeness (QED) is 0.518. The molecule has 0 saturated heterocycles. The van der Waals surface area contributed by atoms with Crippen molar-refractivity contribution in [2.75, 3.05) is 6.61 Å². The Balaban J connectivity index is 4.20. The summed E-state index contributed by atoms with van der Waals surface area (Å²) in [6.07, 6.45) is 0.764. The summed E-state index contributed by atoms with van der Waals surface area (Å²) in [7, 11) is 0. The van der Waals surface area contributed by atoms with Crippen LogP contribution in [0, 0.1) is 5.41 Å². The standard InChI is InChI=1S/C12H24N2O4/c1-12(2,3)7-8(13)6-10(16)14-9(4-5-15)11(17)18/h8-9,15H,4-7,13H2,1-3H3,(H,14,16)(H,17,18)/t8?,9-/m0/s1. The summed E-state index contributed by atoms with van der Waals surface area (Å²) >= 11 is 0. The molecule has 18 heavy (non-hydrogen) atoms. The molecule has 6 nitrogen and oxygen atoms in total. The maximum absolute atomic E-state index is 11.6. The van der Waals surface area contributed by atoms with E-state index in [-0.39, 0.29) is 30.9 Å². The highest BCUT2D eigenvalue weighted by atomic mass is 16.4. The maximum Gasteiger partial charge on any atom is 0.326 e. The third kappa shape index (κ3) is 8.03. The van der Waals surface area contributed by atoms with Crippen LogP contribution in [0.1, 0.15) is 40.0 Å². The van der Waals surface area contributed by atoms with Crippen molar-refractivity contribution < 1.29 is 19.8 Å². The van der Waals surface area contributed by atoms with E-state index in [4.69, 9.17) is 15.9 Å². The van der Waals surface area contributed by atoms with Crippen LogP contribution >= 0.6 is 0 Å². The molecule has 0 rings (SSSR count). The van der Waals surface area contributed by atoms with Crippen molar-refractivity contribution in [3.05, 3.63) is 0 Å². The number of amides is 1. The summed E-state index contributed by atoms with van der Waals surface area (Å²) in [5, 5.41) is 19.9. The van der Waals surface area contributed by atoms with Gasteiger partial charge in [0, 0.05) is 25.5 Å². The van der Waals surface area contributed by atoms with Gasteiger partial charge in [-0.05, 0) is 11.8 Å². The number of carbonyl (C=O) groups is 2. The minimum atomic E-state index is -1.15. The highest BCUT2D eigenvalue weighted by Gasteiger charge is 2.22. The van der Waals surface area contributed by atoms with Gasteiger partial charge in [-0.15, -0.1) is 0 Å². The van der Waals surface area contributed by atoms with Gasteiger partial charge in [0.15, 0.2) is 0 Å². The second-order valence-corrected chi connectivity index (χ2v) is 5.70. The SMILES string of the molecule is CC(C)(C)CC(N)CC(=O)N[C@@H](CCO)C(=O)O. The van der Waals surface area contributed by atoms with Crippen LogP contribution in [0.4, 0.5) is 0 Å². The molecule has 0 aliphatic heterocycles. The smallest absolute Gasteiger partial charge is 0.326 e. The van der Waals surface area contributed by atoms with Crippen molar-refractivity contribution in [1.29, 1.82) is 0 Å². The zero-order valence-electron chi connectivity index (χ0n) is 11.3. The lowest BCUT2D eigenvalue weighted by molar-refractivity contribution is -0.142. The van der Waals surface area contributed by atoms with E-state index in [1.165, 1.54) is 0 Å². The summed E-state index contributed by atoms with van der Waals surface area (Å²) in [5.74, 6) is -1.55. The Bertz CT molecular complexity index is 286. The summed E-state index contributed by atoms with van der Waals surface area (Å²) in [6.45, 7) is 5.79. The van der Waals surface area contributed by atoms with Gasteiger partial charge >= 0.3 is 5.97 Å². The van der Waals surface area contributed by atoms with Gasteiger partial charge in [-0.2, -0.15) is 0 Å². The number of aliphatic hydroxyl groups excluding tert-OH is 1. The molecule has 0 heterocycles. The molecule has 0 bridgehead atoms. The number of carbonyl (C=O) groups excluding carboxylic acids is 1. The van der Waals surface area contributed by atoms with Crippen molar-refractivity contribution in [3.63, 3.8) is 0 Å². The average Bonchev–Trinajstić information content (AvgIpc) is 2.13. The Morgan fingerprint density at radius 2 is 1.89 bits per heavy atom. The molecule has 5 N–H and O–H groups in total. The van der Waals surface area contributed by atoms with Crippen LogP contribution in [0.3, 0.4) is 0 Å². The van der Waals surface area contributed by atoms with Crippen molar-refractivity contribution in [3.8, 4) is 0 Å². The highest BCUT2D eigenvalue weighted by Crippen LogP contribution is 2.20. The van der Waals surface area contributed by atoms with Gasteiger partial charge in [0.05, 0.1) is 0 Å². The molecule has 6 heteroatoms.